The molecule has 0 spiro atoms. The van der Waals surface area contributed by atoms with Gasteiger partial charge in [-0.15, -0.1) is 5.10 Å². The van der Waals surface area contributed by atoms with Crippen LogP contribution in [0, 0.1) is 13.8 Å². The Morgan fingerprint density at radius 3 is 2.90 bits per heavy atom. The molecule has 108 valence electrons. The van der Waals surface area contributed by atoms with Crippen molar-refractivity contribution in [2.75, 3.05) is 6.54 Å². The standard InChI is InChI=1S/C16H16ClN3O/c1-10-4-3-5-13(11(10)2)16(21)20-7-6-14-12(9-20)8-15(17)19-18-14/h3-5,8H,6-7,9H2,1-2H3. The molecule has 0 unspecified atom stereocenters. The lowest BCUT2D eigenvalue weighted by atomic mass is 10.0. The van der Waals surface area contributed by atoms with Gasteiger partial charge in [0.25, 0.3) is 5.91 Å². The fourth-order valence-corrected chi connectivity index (χ4v) is 2.80. The fraction of sp³-hybridized carbons (Fsp3) is 0.312. The fourth-order valence-electron chi connectivity index (χ4n) is 2.63. The molecule has 5 heteroatoms. The number of hydrogen-bond donors (Lipinski definition) is 0. The Labute approximate surface area is 128 Å². The highest BCUT2D eigenvalue weighted by Gasteiger charge is 2.24. The average molecular weight is 302 g/mol. The molecule has 4 nitrogen and oxygen atoms in total. The third-order valence-corrected chi connectivity index (χ3v) is 4.22. The molecule has 1 aromatic carbocycles. The van der Waals surface area contributed by atoms with Crippen LogP contribution in [-0.2, 0) is 13.0 Å². The Hall–Kier alpha value is -1.94. The van der Waals surface area contributed by atoms with Crippen LogP contribution in [0.15, 0.2) is 24.3 Å². The quantitative estimate of drug-likeness (QED) is 0.813. The highest BCUT2D eigenvalue weighted by Crippen LogP contribution is 2.22. The maximum absolute atomic E-state index is 12.7. The van der Waals surface area contributed by atoms with Crippen molar-refractivity contribution in [2.24, 2.45) is 0 Å². The van der Waals surface area contributed by atoms with Crippen LogP contribution in [0.3, 0.4) is 0 Å². The molecule has 1 aromatic heterocycles. The van der Waals surface area contributed by atoms with E-state index in [0.29, 0.717) is 18.2 Å². The number of fused-ring (bicyclic) bond motifs is 1. The zero-order valence-electron chi connectivity index (χ0n) is 12.1. The summed E-state index contributed by atoms with van der Waals surface area (Å²) in [7, 11) is 0. The molecule has 0 radical (unpaired) electrons. The minimum absolute atomic E-state index is 0.0646. The number of carbonyl (C=O) groups excluding carboxylic acids is 1. The molecule has 0 saturated heterocycles. The summed E-state index contributed by atoms with van der Waals surface area (Å²) in [4.78, 5) is 14.6. The Kier molecular flexibility index (Phi) is 3.64. The molecule has 2 aromatic rings. The van der Waals surface area contributed by atoms with Crippen molar-refractivity contribution in [3.8, 4) is 0 Å². The number of hydrogen-bond acceptors (Lipinski definition) is 3. The van der Waals surface area contributed by atoms with Crippen molar-refractivity contribution in [3.05, 3.63) is 57.4 Å². The Morgan fingerprint density at radius 2 is 2.10 bits per heavy atom. The molecule has 3 rings (SSSR count). The van der Waals surface area contributed by atoms with Gasteiger partial charge < -0.3 is 4.90 Å². The summed E-state index contributed by atoms with van der Waals surface area (Å²) in [6.07, 6.45) is 0.718. The van der Waals surface area contributed by atoms with Crippen molar-refractivity contribution in [3.63, 3.8) is 0 Å². The molecule has 0 bridgehead atoms. The number of benzene rings is 1. The second-order valence-corrected chi connectivity index (χ2v) is 5.75. The van der Waals surface area contributed by atoms with Crippen LogP contribution in [-0.4, -0.2) is 27.5 Å². The van der Waals surface area contributed by atoms with Crippen LogP contribution >= 0.6 is 11.6 Å². The van der Waals surface area contributed by atoms with Crippen molar-refractivity contribution in [1.29, 1.82) is 0 Å². The number of halogens is 1. The lowest BCUT2D eigenvalue weighted by Gasteiger charge is -2.28. The summed E-state index contributed by atoms with van der Waals surface area (Å²) in [5.41, 5.74) is 4.86. The van der Waals surface area contributed by atoms with E-state index in [9.17, 15) is 4.79 Å². The van der Waals surface area contributed by atoms with Gasteiger partial charge in [-0.1, -0.05) is 23.7 Å². The van der Waals surface area contributed by atoms with Gasteiger partial charge in [-0.3, -0.25) is 4.79 Å². The predicted octanol–water partition coefficient (Wildman–Crippen LogP) is 2.95. The van der Waals surface area contributed by atoms with Crippen LogP contribution in [0.2, 0.25) is 5.15 Å². The zero-order chi connectivity index (χ0) is 15.0. The number of aromatic nitrogens is 2. The number of nitrogens with zero attached hydrogens (tertiary/aromatic N) is 3. The van der Waals surface area contributed by atoms with Crippen LogP contribution < -0.4 is 0 Å². The van der Waals surface area contributed by atoms with Gasteiger partial charge in [-0.25, -0.2) is 0 Å². The van der Waals surface area contributed by atoms with E-state index in [1.807, 2.05) is 36.9 Å². The van der Waals surface area contributed by atoms with Gasteiger partial charge in [0, 0.05) is 25.1 Å². The average Bonchev–Trinajstić information content (AvgIpc) is 2.48. The summed E-state index contributed by atoms with van der Waals surface area (Å²) in [5, 5.41) is 8.33. The van der Waals surface area contributed by atoms with Crippen molar-refractivity contribution < 1.29 is 4.79 Å². The Balaban J connectivity index is 1.89. The van der Waals surface area contributed by atoms with Crippen molar-refractivity contribution in [2.45, 2.75) is 26.8 Å². The van der Waals surface area contributed by atoms with E-state index in [-0.39, 0.29) is 5.91 Å². The number of carbonyl (C=O) groups is 1. The van der Waals surface area contributed by atoms with E-state index in [4.69, 9.17) is 11.6 Å². The number of amides is 1. The Bertz CT molecular complexity index is 715. The first-order valence-corrected chi connectivity index (χ1v) is 7.30. The van der Waals surface area contributed by atoms with Gasteiger partial charge in [-0.05, 0) is 42.7 Å². The second kappa shape index (κ2) is 5.45. The summed E-state index contributed by atoms with van der Waals surface area (Å²) in [6.45, 7) is 5.21. The van der Waals surface area contributed by atoms with Crippen LogP contribution in [0.25, 0.3) is 0 Å². The molecule has 1 aliphatic rings. The van der Waals surface area contributed by atoms with Crippen LogP contribution in [0.1, 0.15) is 32.7 Å². The molecule has 21 heavy (non-hydrogen) atoms. The van der Waals surface area contributed by atoms with Gasteiger partial charge >= 0.3 is 0 Å². The molecule has 0 atom stereocenters. The smallest absolute Gasteiger partial charge is 0.254 e. The summed E-state index contributed by atoms with van der Waals surface area (Å²) in [5.74, 6) is 0.0646. The van der Waals surface area contributed by atoms with Gasteiger partial charge in [0.2, 0.25) is 0 Å². The maximum atomic E-state index is 12.7. The third kappa shape index (κ3) is 2.63. The SMILES string of the molecule is Cc1cccc(C(=O)N2CCc3nnc(Cl)cc3C2)c1C. The van der Waals surface area contributed by atoms with Gasteiger partial charge in [0.15, 0.2) is 5.15 Å². The van der Waals surface area contributed by atoms with Crippen LogP contribution in [0.4, 0.5) is 0 Å². The van der Waals surface area contributed by atoms with E-state index < -0.39 is 0 Å². The van der Waals surface area contributed by atoms with E-state index in [2.05, 4.69) is 10.2 Å². The molecule has 0 aliphatic carbocycles. The number of aryl methyl sites for hydroxylation is 1. The Morgan fingerprint density at radius 1 is 1.29 bits per heavy atom. The molecular weight excluding hydrogens is 286 g/mol. The van der Waals surface area contributed by atoms with E-state index >= 15 is 0 Å². The van der Waals surface area contributed by atoms with Gasteiger partial charge in [-0.2, -0.15) is 5.10 Å². The zero-order valence-corrected chi connectivity index (χ0v) is 12.8. The first-order valence-electron chi connectivity index (χ1n) is 6.92. The van der Waals surface area contributed by atoms with Gasteiger partial charge in [0.1, 0.15) is 0 Å². The largest absolute Gasteiger partial charge is 0.334 e. The topological polar surface area (TPSA) is 46.1 Å². The highest BCUT2D eigenvalue weighted by atomic mass is 35.5. The summed E-state index contributed by atoms with van der Waals surface area (Å²) >= 11 is 5.89. The lowest BCUT2D eigenvalue weighted by molar-refractivity contribution is 0.0732. The molecule has 2 heterocycles. The molecule has 1 aliphatic heterocycles. The van der Waals surface area contributed by atoms with Gasteiger partial charge in [0.05, 0.1) is 5.69 Å². The van der Waals surface area contributed by atoms with Crippen molar-refractivity contribution in [1.82, 2.24) is 15.1 Å². The minimum atomic E-state index is 0.0646. The van der Waals surface area contributed by atoms with E-state index in [1.54, 1.807) is 6.07 Å². The maximum Gasteiger partial charge on any atom is 0.254 e. The van der Waals surface area contributed by atoms with E-state index in [1.165, 1.54) is 0 Å². The summed E-state index contributed by atoms with van der Waals surface area (Å²) in [6, 6.07) is 7.63. The first-order chi connectivity index (χ1) is 10.1. The molecule has 0 fully saturated rings. The molecule has 0 N–H and O–H groups in total. The lowest BCUT2D eigenvalue weighted by Crippen LogP contribution is -2.36. The second-order valence-electron chi connectivity index (χ2n) is 5.36. The molecular formula is C16H16ClN3O. The van der Waals surface area contributed by atoms with Crippen LogP contribution in [0.5, 0.6) is 0 Å². The molecule has 0 saturated carbocycles. The van der Waals surface area contributed by atoms with Crippen molar-refractivity contribution >= 4 is 17.5 Å². The highest BCUT2D eigenvalue weighted by molar-refractivity contribution is 6.29. The first kappa shape index (κ1) is 14.0. The normalized spacial score (nSPS) is 14.0. The summed E-state index contributed by atoms with van der Waals surface area (Å²) < 4.78 is 0. The number of rotatable bonds is 1. The molecule has 1 amide bonds. The minimum Gasteiger partial charge on any atom is -0.334 e. The monoisotopic (exact) mass is 301 g/mol. The predicted molar refractivity (Wildman–Crippen MR) is 81.4 cm³/mol. The van der Waals surface area contributed by atoms with E-state index in [0.717, 1.165) is 34.4 Å². The third-order valence-electron chi connectivity index (χ3n) is 4.03.